The van der Waals surface area contributed by atoms with Crippen molar-refractivity contribution >= 4 is 14.2 Å². The molecule has 1 N–H and O–H groups in total. The molecule has 1 amide bonds. The fourth-order valence-electron chi connectivity index (χ4n) is 1.31. The highest BCUT2D eigenvalue weighted by atomic mass is 28.4. The van der Waals surface area contributed by atoms with Gasteiger partial charge in [-0.05, 0) is 37.9 Å². The molecule has 24 heavy (non-hydrogen) atoms. The van der Waals surface area contributed by atoms with Crippen LogP contribution in [-0.4, -0.2) is 26.4 Å². The number of amides is 1. The summed E-state index contributed by atoms with van der Waals surface area (Å²) in [6.07, 6.45) is 3.35. The Kier molecular flexibility index (Phi) is 8.62. The van der Waals surface area contributed by atoms with Crippen molar-refractivity contribution in [2.24, 2.45) is 0 Å². The molecular weight excluding hydrogens is 335 g/mol. The lowest BCUT2D eigenvalue weighted by Gasteiger charge is -2.33. The molecule has 0 rings (SSSR count). The van der Waals surface area contributed by atoms with Crippen LogP contribution in [0.2, 0.25) is 18.1 Å². The molecule has 0 spiro atoms. The first-order valence-electron chi connectivity index (χ1n) is 7.97. The van der Waals surface area contributed by atoms with Gasteiger partial charge in [0, 0.05) is 12.5 Å². The Hall–Kier alpha value is -1.42. The highest BCUT2D eigenvalue weighted by Crippen LogP contribution is 2.36. The second kappa shape index (κ2) is 9.16. The van der Waals surface area contributed by atoms with E-state index < -0.39 is 26.4 Å². The Balaban J connectivity index is 4.04. The zero-order valence-corrected chi connectivity index (χ0v) is 16.3. The van der Waals surface area contributed by atoms with E-state index in [4.69, 9.17) is 4.43 Å². The van der Waals surface area contributed by atoms with Crippen molar-refractivity contribution in [3.63, 3.8) is 0 Å². The SMILES string of the molecule is C[C@H](/C=C\CCCC#CO[Si](C)(C)C(C)(C)C)NC(=O)C(F)(F)F. The Morgan fingerprint density at radius 2 is 1.88 bits per heavy atom. The van der Waals surface area contributed by atoms with Crippen molar-refractivity contribution in [1.82, 2.24) is 5.32 Å². The van der Waals surface area contributed by atoms with Gasteiger partial charge in [-0.15, -0.1) is 0 Å². The average molecular weight is 363 g/mol. The standard InChI is InChI=1S/C17H28F3NO2Si/c1-14(21-15(22)17(18,19)20)12-10-8-7-9-11-13-23-24(5,6)16(2,3)4/h10,12,14H,7-9H2,1-6H3,(H,21,22)/b12-10-/t14-/m1/s1. The number of hydrogen-bond donors (Lipinski definition) is 1. The predicted octanol–water partition coefficient (Wildman–Crippen LogP) is 4.76. The molecule has 7 heteroatoms. The van der Waals surface area contributed by atoms with E-state index in [1.165, 1.54) is 6.92 Å². The largest absolute Gasteiger partial charge is 0.500 e. The Bertz CT molecular complexity index is 497. The third-order valence-corrected chi connectivity index (χ3v) is 8.12. The summed E-state index contributed by atoms with van der Waals surface area (Å²) in [4.78, 5) is 10.7. The lowest BCUT2D eigenvalue weighted by Crippen LogP contribution is -2.41. The van der Waals surface area contributed by atoms with Gasteiger partial charge in [-0.2, -0.15) is 13.2 Å². The molecule has 0 bridgehead atoms. The van der Waals surface area contributed by atoms with Crippen molar-refractivity contribution in [1.29, 1.82) is 0 Å². The van der Waals surface area contributed by atoms with Crippen molar-refractivity contribution in [3.8, 4) is 12.0 Å². The minimum atomic E-state index is -4.85. The number of alkyl halides is 3. The average Bonchev–Trinajstić information content (AvgIpc) is 2.39. The fourth-order valence-corrected chi connectivity index (χ4v) is 1.95. The van der Waals surface area contributed by atoms with Gasteiger partial charge in [-0.3, -0.25) is 4.79 Å². The van der Waals surface area contributed by atoms with E-state index in [2.05, 4.69) is 45.9 Å². The fraction of sp³-hybridized carbons (Fsp3) is 0.706. The van der Waals surface area contributed by atoms with Crippen molar-refractivity contribution in [2.45, 2.75) is 77.3 Å². The molecule has 0 aromatic heterocycles. The van der Waals surface area contributed by atoms with Crippen molar-refractivity contribution < 1.29 is 22.4 Å². The van der Waals surface area contributed by atoms with E-state index in [1.807, 2.05) is 5.32 Å². The molecule has 138 valence electrons. The van der Waals surface area contributed by atoms with E-state index >= 15 is 0 Å². The minimum absolute atomic E-state index is 0.113. The maximum absolute atomic E-state index is 12.1. The van der Waals surface area contributed by atoms with E-state index in [-0.39, 0.29) is 5.04 Å². The first-order valence-corrected chi connectivity index (χ1v) is 10.9. The molecule has 0 aromatic rings. The topological polar surface area (TPSA) is 38.3 Å². The van der Waals surface area contributed by atoms with Crippen LogP contribution in [0, 0.1) is 12.0 Å². The molecule has 0 radical (unpaired) electrons. The van der Waals surface area contributed by atoms with Gasteiger partial charge in [0.15, 0.2) is 0 Å². The maximum Gasteiger partial charge on any atom is 0.471 e. The Morgan fingerprint density at radius 1 is 1.29 bits per heavy atom. The van der Waals surface area contributed by atoms with Crippen LogP contribution in [0.15, 0.2) is 12.2 Å². The van der Waals surface area contributed by atoms with Gasteiger partial charge >= 0.3 is 12.1 Å². The number of unbranched alkanes of at least 4 members (excludes halogenated alkanes) is 2. The molecule has 0 saturated carbocycles. The molecule has 0 aliphatic heterocycles. The van der Waals surface area contributed by atoms with Crippen LogP contribution in [0.25, 0.3) is 0 Å². The summed E-state index contributed by atoms with van der Waals surface area (Å²) in [7, 11) is -1.85. The predicted molar refractivity (Wildman–Crippen MR) is 92.7 cm³/mol. The third-order valence-electron chi connectivity index (χ3n) is 3.90. The van der Waals surface area contributed by atoms with E-state index in [0.29, 0.717) is 12.8 Å². The number of rotatable bonds is 6. The molecule has 0 saturated heterocycles. The summed E-state index contributed by atoms with van der Waals surface area (Å²) in [5, 5.41) is 1.98. The highest BCUT2D eigenvalue weighted by molar-refractivity contribution is 6.74. The normalized spacial score (nSPS) is 14.0. The van der Waals surface area contributed by atoms with E-state index in [9.17, 15) is 18.0 Å². The summed E-state index contributed by atoms with van der Waals surface area (Å²) < 4.78 is 41.9. The lowest BCUT2D eigenvalue weighted by molar-refractivity contribution is -0.173. The Morgan fingerprint density at radius 3 is 2.38 bits per heavy atom. The van der Waals surface area contributed by atoms with Gasteiger partial charge < -0.3 is 9.74 Å². The number of allylic oxidation sites excluding steroid dienone is 1. The molecular formula is C17H28F3NO2Si. The van der Waals surface area contributed by atoms with Crippen LogP contribution in [0.5, 0.6) is 0 Å². The summed E-state index contributed by atoms with van der Waals surface area (Å²) in [6, 6.07) is -0.660. The monoisotopic (exact) mass is 363 g/mol. The van der Waals surface area contributed by atoms with Crippen LogP contribution in [0.3, 0.4) is 0 Å². The number of carbonyl (C=O) groups excluding carboxylic acids is 1. The molecule has 3 nitrogen and oxygen atoms in total. The Labute approximate surface area is 144 Å². The summed E-state index contributed by atoms with van der Waals surface area (Å²) >= 11 is 0. The first-order chi connectivity index (χ1) is 10.8. The van der Waals surface area contributed by atoms with Gasteiger partial charge in [0.2, 0.25) is 0 Å². The number of nitrogens with one attached hydrogen (secondary N) is 1. The lowest BCUT2D eigenvalue weighted by atomic mass is 10.2. The smallest absolute Gasteiger partial charge is 0.471 e. The van der Waals surface area contributed by atoms with Crippen LogP contribution < -0.4 is 5.32 Å². The third kappa shape index (κ3) is 9.01. The number of carbonyl (C=O) groups is 1. The molecule has 0 aromatic carbocycles. The zero-order chi connectivity index (χ0) is 19.0. The van der Waals surface area contributed by atoms with E-state index in [1.54, 1.807) is 12.2 Å². The summed E-state index contributed by atoms with van der Waals surface area (Å²) in [6.45, 7) is 12.2. The van der Waals surface area contributed by atoms with Crippen LogP contribution in [0.1, 0.15) is 47.0 Å². The molecule has 1 atom stereocenters. The summed E-state index contributed by atoms with van der Waals surface area (Å²) in [5.74, 6) is 1.04. The van der Waals surface area contributed by atoms with Gasteiger partial charge in [0.1, 0.15) is 0 Å². The zero-order valence-electron chi connectivity index (χ0n) is 15.3. The van der Waals surface area contributed by atoms with Crippen LogP contribution in [0.4, 0.5) is 13.2 Å². The second-order valence-corrected chi connectivity index (χ2v) is 11.9. The number of hydrogen-bond acceptors (Lipinski definition) is 2. The highest BCUT2D eigenvalue weighted by Gasteiger charge is 2.39. The van der Waals surface area contributed by atoms with Crippen molar-refractivity contribution in [3.05, 3.63) is 12.2 Å². The second-order valence-electron chi connectivity index (χ2n) is 7.22. The van der Waals surface area contributed by atoms with E-state index in [0.717, 1.165) is 6.42 Å². The van der Waals surface area contributed by atoms with Gasteiger partial charge in [-0.25, -0.2) is 0 Å². The van der Waals surface area contributed by atoms with Gasteiger partial charge in [0.25, 0.3) is 8.32 Å². The molecule has 0 aliphatic carbocycles. The maximum atomic E-state index is 12.1. The summed E-state index contributed by atoms with van der Waals surface area (Å²) in [5.41, 5.74) is 0. The first kappa shape index (κ1) is 22.6. The van der Waals surface area contributed by atoms with Crippen LogP contribution >= 0.6 is 0 Å². The molecule has 0 unspecified atom stereocenters. The van der Waals surface area contributed by atoms with Gasteiger partial charge in [-0.1, -0.05) is 38.8 Å². The van der Waals surface area contributed by atoms with Crippen LogP contribution in [-0.2, 0) is 9.22 Å². The van der Waals surface area contributed by atoms with Gasteiger partial charge in [0.05, 0.1) is 6.11 Å². The quantitative estimate of drug-likeness (QED) is 0.320. The minimum Gasteiger partial charge on any atom is -0.500 e. The molecule has 0 fully saturated rings. The molecule has 0 aliphatic rings. The number of halogens is 3. The molecule has 0 heterocycles. The van der Waals surface area contributed by atoms with Crippen molar-refractivity contribution in [2.75, 3.05) is 0 Å².